The molecule has 8 heteroatoms. The van der Waals surface area contributed by atoms with Gasteiger partial charge in [-0.2, -0.15) is 5.10 Å². The zero-order chi connectivity index (χ0) is 18.7. The predicted molar refractivity (Wildman–Crippen MR) is 98.6 cm³/mol. The molecule has 136 valence electrons. The van der Waals surface area contributed by atoms with Gasteiger partial charge in [-0.1, -0.05) is 30.3 Å². The lowest BCUT2D eigenvalue weighted by Gasteiger charge is -2.09. The van der Waals surface area contributed by atoms with E-state index in [1.807, 2.05) is 43.6 Å². The van der Waals surface area contributed by atoms with E-state index in [1.165, 1.54) is 19.2 Å². The Hall–Kier alpha value is -2.71. The van der Waals surface area contributed by atoms with Gasteiger partial charge in [0.25, 0.3) is 0 Å². The summed E-state index contributed by atoms with van der Waals surface area (Å²) in [5, 5.41) is 7.47. The molecule has 26 heavy (non-hydrogen) atoms. The second-order valence-electron chi connectivity index (χ2n) is 5.75. The molecule has 0 radical (unpaired) electrons. The Labute approximate surface area is 151 Å². The number of aryl methyl sites for hydroxylation is 1. The third-order valence-corrected chi connectivity index (χ3v) is 5.35. The van der Waals surface area contributed by atoms with Gasteiger partial charge in [0.2, 0.25) is 10.0 Å². The molecule has 0 saturated carbocycles. The summed E-state index contributed by atoms with van der Waals surface area (Å²) < 4.78 is 41.6. The van der Waals surface area contributed by atoms with Gasteiger partial charge in [0.1, 0.15) is 5.82 Å². The second-order valence-corrected chi connectivity index (χ2v) is 7.63. The third kappa shape index (κ3) is 3.76. The molecule has 3 aromatic rings. The highest BCUT2D eigenvalue weighted by Crippen LogP contribution is 2.24. The van der Waals surface area contributed by atoms with Gasteiger partial charge in [-0.3, -0.25) is 4.68 Å². The van der Waals surface area contributed by atoms with Crippen molar-refractivity contribution in [2.24, 2.45) is 7.05 Å². The molecule has 0 amide bonds. The number of nitrogens with one attached hydrogen (secondary N) is 2. The lowest BCUT2D eigenvalue weighted by molar-refractivity contribution is 0.584. The minimum absolute atomic E-state index is 0.116. The zero-order valence-corrected chi connectivity index (χ0v) is 15.2. The highest BCUT2D eigenvalue weighted by molar-refractivity contribution is 7.89. The molecule has 0 aliphatic rings. The first-order valence-electron chi connectivity index (χ1n) is 7.95. The van der Waals surface area contributed by atoms with Gasteiger partial charge in [0.05, 0.1) is 16.3 Å². The average molecular weight is 374 g/mol. The molecule has 6 nitrogen and oxygen atoms in total. The number of aromatic nitrogens is 2. The van der Waals surface area contributed by atoms with Gasteiger partial charge in [-0.15, -0.1) is 0 Å². The third-order valence-electron chi connectivity index (χ3n) is 3.94. The fourth-order valence-corrected chi connectivity index (χ4v) is 3.36. The lowest BCUT2D eigenvalue weighted by atomic mass is 10.1. The lowest BCUT2D eigenvalue weighted by Crippen LogP contribution is -2.18. The van der Waals surface area contributed by atoms with Gasteiger partial charge in [-0.05, 0) is 25.2 Å². The molecule has 1 aromatic heterocycles. The Morgan fingerprint density at radius 2 is 1.88 bits per heavy atom. The summed E-state index contributed by atoms with van der Waals surface area (Å²) in [6.45, 7) is 0.354. The van der Waals surface area contributed by atoms with Crippen LogP contribution in [0.15, 0.2) is 59.6 Å². The minimum atomic E-state index is -3.68. The summed E-state index contributed by atoms with van der Waals surface area (Å²) in [6.07, 6.45) is 1.87. The van der Waals surface area contributed by atoms with Crippen LogP contribution in [0, 0.1) is 5.82 Å². The van der Waals surface area contributed by atoms with Crippen LogP contribution >= 0.6 is 0 Å². The Kier molecular flexibility index (Phi) is 5.06. The standard InChI is InChI=1S/C18H19FN4O2S/c1-20-26(24,25)15-8-9-17(16(19)10-15)21-11-14-12-23(2)22-18(14)13-6-4-3-5-7-13/h3-10,12,20-21H,11H2,1-2H3. The van der Waals surface area contributed by atoms with Crippen molar-refractivity contribution in [1.82, 2.24) is 14.5 Å². The molecule has 0 fully saturated rings. The maximum atomic E-state index is 14.3. The van der Waals surface area contributed by atoms with Crippen molar-refractivity contribution in [3.8, 4) is 11.3 Å². The van der Waals surface area contributed by atoms with Gasteiger partial charge in [0.15, 0.2) is 0 Å². The zero-order valence-electron chi connectivity index (χ0n) is 14.4. The molecule has 0 unspecified atom stereocenters. The second kappa shape index (κ2) is 7.27. The summed E-state index contributed by atoms with van der Waals surface area (Å²) in [4.78, 5) is -0.116. The van der Waals surface area contributed by atoms with Gasteiger partial charge < -0.3 is 5.32 Å². The van der Waals surface area contributed by atoms with E-state index >= 15 is 0 Å². The minimum Gasteiger partial charge on any atom is -0.378 e. The van der Waals surface area contributed by atoms with E-state index in [0.717, 1.165) is 22.9 Å². The molecular formula is C18H19FN4O2S. The number of benzene rings is 2. The maximum Gasteiger partial charge on any atom is 0.240 e. The quantitative estimate of drug-likeness (QED) is 0.696. The van der Waals surface area contributed by atoms with Crippen LogP contribution in [0.25, 0.3) is 11.3 Å². The molecule has 3 rings (SSSR count). The van der Waals surface area contributed by atoms with E-state index in [9.17, 15) is 12.8 Å². The summed E-state index contributed by atoms with van der Waals surface area (Å²) >= 11 is 0. The number of nitrogens with zero attached hydrogens (tertiary/aromatic N) is 2. The molecule has 0 aliphatic carbocycles. The van der Waals surface area contributed by atoms with Crippen molar-refractivity contribution in [2.45, 2.75) is 11.4 Å². The molecular weight excluding hydrogens is 355 g/mol. The summed E-state index contributed by atoms with van der Waals surface area (Å²) in [7, 11) is -0.563. The topological polar surface area (TPSA) is 76.0 Å². The Bertz CT molecular complexity index is 1020. The normalized spacial score (nSPS) is 11.5. The van der Waals surface area contributed by atoms with E-state index < -0.39 is 15.8 Å². The molecule has 0 aliphatic heterocycles. The maximum absolute atomic E-state index is 14.3. The van der Waals surface area contributed by atoms with Crippen LogP contribution in [0.4, 0.5) is 10.1 Å². The first kappa shape index (κ1) is 18.1. The number of sulfonamides is 1. The highest BCUT2D eigenvalue weighted by Gasteiger charge is 2.15. The van der Waals surface area contributed by atoms with Gasteiger partial charge >= 0.3 is 0 Å². The van der Waals surface area contributed by atoms with Crippen LogP contribution in [0.5, 0.6) is 0 Å². The number of anilines is 1. The van der Waals surface area contributed by atoms with Gasteiger partial charge in [0, 0.05) is 30.9 Å². The summed E-state index contributed by atoms with van der Waals surface area (Å²) in [5.41, 5.74) is 2.92. The van der Waals surface area contributed by atoms with Crippen molar-refractivity contribution in [3.63, 3.8) is 0 Å². The van der Waals surface area contributed by atoms with E-state index in [1.54, 1.807) is 4.68 Å². The van der Waals surface area contributed by atoms with Crippen LogP contribution in [0.1, 0.15) is 5.56 Å². The van der Waals surface area contributed by atoms with Crippen molar-refractivity contribution < 1.29 is 12.8 Å². The largest absolute Gasteiger partial charge is 0.378 e. The van der Waals surface area contributed by atoms with Gasteiger partial charge in [-0.25, -0.2) is 17.5 Å². The van der Waals surface area contributed by atoms with Crippen molar-refractivity contribution in [1.29, 1.82) is 0 Å². The molecule has 0 saturated heterocycles. The van der Waals surface area contributed by atoms with E-state index in [4.69, 9.17) is 0 Å². The Morgan fingerprint density at radius 3 is 2.54 bits per heavy atom. The first-order valence-corrected chi connectivity index (χ1v) is 9.44. The number of rotatable bonds is 6. The van der Waals surface area contributed by atoms with E-state index in [2.05, 4.69) is 15.1 Å². The van der Waals surface area contributed by atoms with Crippen LogP contribution in [-0.2, 0) is 23.6 Å². The van der Waals surface area contributed by atoms with Crippen LogP contribution in [-0.4, -0.2) is 25.2 Å². The van der Waals surface area contributed by atoms with Crippen molar-refractivity contribution in [2.75, 3.05) is 12.4 Å². The fourth-order valence-electron chi connectivity index (χ4n) is 2.62. The molecule has 2 N–H and O–H groups in total. The summed E-state index contributed by atoms with van der Waals surface area (Å²) in [5.74, 6) is -0.633. The van der Waals surface area contributed by atoms with Crippen molar-refractivity contribution in [3.05, 3.63) is 66.1 Å². The van der Waals surface area contributed by atoms with Crippen LogP contribution < -0.4 is 10.0 Å². The highest BCUT2D eigenvalue weighted by atomic mass is 32.2. The van der Waals surface area contributed by atoms with E-state index in [0.29, 0.717) is 6.54 Å². The number of hydrogen-bond donors (Lipinski definition) is 2. The Balaban J connectivity index is 1.82. The van der Waals surface area contributed by atoms with E-state index in [-0.39, 0.29) is 10.6 Å². The monoisotopic (exact) mass is 374 g/mol. The number of hydrogen-bond acceptors (Lipinski definition) is 4. The molecule has 1 heterocycles. The molecule has 0 spiro atoms. The Morgan fingerprint density at radius 1 is 1.15 bits per heavy atom. The first-order chi connectivity index (χ1) is 12.4. The van der Waals surface area contributed by atoms with Crippen LogP contribution in [0.2, 0.25) is 0 Å². The molecule has 0 bridgehead atoms. The SMILES string of the molecule is CNS(=O)(=O)c1ccc(NCc2cn(C)nc2-c2ccccc2)c(F)c1. The number of halogens is 1. The average Bonchev–Trinajstić information content (AvgIpc) is 3.02. The fraction of sp³-hybridized carbons (Fsp3) is 0.167. The van der Waals surface area contributed by atoms with Crippen LogP contribution in [0.3, 0.4) is 0 Å². The molecule has 0 atom stereocenters. The smallest absolute Gasteiger partial charge is 0.240 e. The van der Waals surface area contributed by atoms with Crippen molar-refractivity contribution >= 4 is 15.7 Å². The predicted octanol–water partition coefficient (Wildman–Crippen LogP) is 2.75. The molecule has 2 aromatic carbocycles. The summed E-state index contributed by atoms with van der Waals surface area (Å²) in [6, 6.07) is 13.5.